The van der Waals surface area contributed by atoms with Gasteiger partial charge in [0.2, 0.25) is 5.91 Å². The molecule has 1 heterocycles. The predicted molar refractivity (Wildman–Crippen MR) is 94.3 cm³/mol. The first kappa shape index (κ1) is 23.8. The molecule has 14 heteroatoms. The molecule has 1 aromatic carbocycles. The Hall–Kier alpha value is -2.82. The van der Waals surface area contributed by atoms with Gasteiger partial charge in [-0.1, -0.05) is 12.1 Å². The zero-order valence-electron chi connectivity index (χ0n) is 16.0. The summed E-state index contributed by atoms with van der Waals surface area (Å²) in [7, 11) is -4.89. The maximum atomic E-state index is 13.3. The molecule has 0 spiro atoms. The van der Waals surface area contributed by atoms with E-state index in [2.05, 4.69) is 5.32 Å². The normalized spacial score (nSPS) is 22.8. The summed E-state index contributed by atoms with van der Waals surface area (Å²) in [6, 6.07) is 2.98. The molecule has 0 bridgehead atoms. The fraction of sp³-hybridized carbons (Fsp3) is 0.500. The van der Waals surface area contributed by atoms with E-state index in [0.717, 1.165) is 12.1 Å². The second-order valence-electron chi connectivity index (χ2n) is 7.55. The molecule has 2 aliphatic rings. The second-order valence-corrected chi connectivity index (χ2v) is 9.75. The number of nitriles is 1. The van der Waals surface area contributed by atoms with Gasteiger partial charge in [-0.3, -0.25) is 9.59 Å². The molecule has 2 fully saturated rings. The lowest BCUT2D eigenvalue weighted by molar-refractivity contribution is -0.186. The van der Waals surface area contributed by atoms with E-state index in [-0.39, 0.29) is 17.7 Å². The summed E-state index contributed by atoms with van der Waals surface area (Å²) in [5, 5.41) is 9.37. The molecule has 0 radical (unpaired) electrons. The molecular weight excluding hydrogens is 468 g/mol. The Morgan fingerprint density at radius 2 is 1.72 bits per heavy atom. The molecule has 1 aliphatic heterocycles. The Bertz CT molecular complexity index is 1090. The molecule has 2 amide bonds. The van der Waals surface area contributed by atoms with Crippen LogP contribution in [0, 0.1) is 11.3 Å². The number of nitrogens with zero attached hydrogens (tertiary/aromatic N) is 2. The molecule has 32 heavy (non-hydrogen) atoms. The van der Waals surface area contributed by atoms with Crippen LogP contribution in [-0.2, 0) is 25.6 Å². The van der Waals surface area contributed by atoms with Crippen LogP contribution in [0.3, 0.4) is 0 Å². The first-order valence-corrected chi connectivity index (χ1v) is 10.7. The Labute approximate surface area is 177 Å². The van der Waals surface area contributed by atoms with E-state index in [4.69, 9.17) is 5.26 Å². The molecule has 1 aliphatic carbocycles. The molecule has 1 saturated heterocycles. The van der Waals surface area contributed by atoms with Gasteiger partial charge in [-0.15, -0.1) is 0 Å². The third-order valence-corrected chi connectivity index (χ3v) is 7.52. The van der Waals surface area contributed by atoms with Crippen LogP contribution in [0.5, 0.6) is 0 Å². The number of carbonyl (C=O) groups excluding carboxylic acids is 2. The van der Waals surface area contributed by atoms with Crippen LogP contribution in [0.1, 0.15) is 24.8 Å². The standard InChI is InChI=1S/C18H15F6N3O4S/c19-17(20,21)11-3-1-2-4-13(11)32(30,31)10-7-12(14(28)26-16(9-25)5-6-16)27(8-10)15(29)18(22,23)24/h1-4,10,12H,5-8H2,(H,26,28)/t10?,12-/m0/s1. The van der Waals surface area contributed by atoms with Crippen molar-refractivity contribution in [2.24, 2.45) is 0 Å². The minimum Gasteiger partial charge on any atom is -0.336 e. The number of likely N-dealkylation sites (tertiary alicyclic amines) is 1. The molecule has 1 saturated carbocycles. The Balaban J connectivity index is 1.98. The Morgan fingerprint density at radius 3 is 2.22 bits per heavy atom. The number of sulfone groups is 1. The Kier molecular flexibility index (Phi) is 5.70. The number of alkyl halides is 6. The lowest BCUT2D eigenvalue weighted by Crippen LogP contribution is -2.52. The summed E-state index contributed by atoms with van der Waals surface area (Å²) in [4.78, 5) is 23.2. The highest BCUT2D eigenvalue weighted by Gasteiger charge is 2.55. The average molecular weight is 483 g/mol. The first-order chi connectivity index (χ1) is 14.6. The topological polar surface area (TPSA) is 107 Å². The van der Waals surface area contributed by atoms with E-state index in [1.165, 1.54) is 0 Å². The molecule has 2 atom stereocenters. The van der Waals surface area contributed by atoms with E-state index in [9.17, 15) is 44.3 Å². The van der Waals surface area contributed by atoms with Gasteiger partial charge in [0, 0.05) is 6.54 Å². The van der Waals surface area contributed by atoms with Crippen LogP contribution >= 0.6 is 0 Å². The summed E-state index contributed by atoms with van der Waals surface area (Å²) in [6.07, 6.45) is -10.9. The van der Waals surface area contributed by atoms with Crippen molar-refractivity contribution in [2.45, 2.75) is 53.3 Å². The van der Waals surface area contributed by atoms with Gasteiger partial charge in [0.05, 0.1) is 21.8 Å². The van der Waals surface area contributed by atoms with Gasteiger partial charge in [0.15, 0.2) is 9.84 Å². The number of carbonyl (C=O) groups is 2. The van der Waals surface area contributed by atoms with Crippen LogP contribution in [-0.4, -0.2) is 54.7 Å². The maximum absolute atomic E-state index is 13.3. The zero-order valence-corrected chi connectivity index (χ0v) is 16.8. The molecule has 7 nitrogen and oxygen atoms in total. The molecule has 3 rings (SSSR count). The Morgan fingerprint density at radius 1 is 1.12 bits per heavy atom. The summed E-state index contributed by atoms with van der Waals surface area (Å²) >= 11 is 0. The van der Waals surface area contributed by atoms with E-state index < -0.39 is 74.3 Å². The van der Waals surface area contributed by atoms with Crippen LogP contribution in [0.25, 0.3) is 0 Å². The molecule has 174 valence electrons. The van der Waals surface area contributed by atoms with Gasteiger partial charge in [-0.05, 0) is 31.4 Å². The summed E-state index contributed by atoms with van der Waals surface area (Å²) < 4.78 is 105. The minimum atomic E-state index is -5.45. The summed E-state index contributed by atoms with van der Waals surface area (Å²) in [6.45, 7) is -1.13. The summed E-state index contributed by atoms with van der Waals surface area (Å²) in [5.41, 5.74) is -2.83. The lowest BCUT2D eigenvalue weighted by atomic mass is 10.1. The van der Waals surface area contributed by atoms with Gasteiger partial charge in [-0.25, -0.2) is 8.42 Å². The van der Waals surface area contributed by atoms with Crippen molar-refractivity contribution in [1.29, 1.82) is 5.26 Å². The number of amides is 2. The van der Waals surface area contributed by atoms with Crippen LogP contribution in [0.2, 0.25) is 0 Å². The fourth-order valence-electron chi connectivity index (χ4n) is 3.50. The van der Waals surface area contributed by atoms with Gasteiger partial charge < -0.3 is 10.2 Å². The van der Waals surface area contributed by atoms with E-state index in [1.807, 2.05) is 0 Å². The van der Waals surface area contributed by atoms with Crippen LogP contribution in [0.15, 0.2) is 29.2 Å². The number of hydrogen-bond acceptors (Lipinski definition) is 5. The highest BCUT2D eigenvalue weighted by atomic mass is 32.2. The largest absolute Gasteiger partial charge is 0.471 e. The number of hydrogen-bond donors (Lipinski definition) is 1. The minimum absolute atomic E-state index is 0.0127. The van der Waals surface area contributed by atoms with Crippen molar-refractivity contribution in [1.82, 2.24) is 10.2 Å². The molecule has 1 aromatic rings. The third-order valence-electron chi connectivity index (χ3n) is 5.33. The molecular formula is C18H15F6N3O4S. The van der Waals surface area contributed by atoms with Crippen molar-refractivity contribution >= 4 is 21.7 Å². The molecule has 1 N–H and O–H groups in total. The SMILES string of the molecule is N#CC1(NC(=O)[C@@H]2CC(S(=O)(=O)c3ccccc3C(F)(F)F)CN2C(=O)C(F)(F)F)CC1. The van der Waals surface area contributed by atoms with Crippen molar-refractivity contribution in [3.05, 3.63) is 29.8 Å². The van der Waals surface area contributed by atoms with Gasteiger partial charge in [0.25, 0.3) is 0 Å². The monoisotopic (exact) mass is 483 g/mol. The van der Waals surface area contributed by atoms with E-state index >= 15 is 0 Å². The number of nitrogens with one attached hydrogen (secondary N) is 1. The number of halogens is 6. The summed E-state index contributed by atoms with van der Waals surface area (Å²) in [5.74, 6) is -3.68. The molecule has 0 aromatic heterocycles. The van der Waals surface area contributed by atoms with Gasteiger partial charge in [0.1, 0.15) is 11.6 Å². The van der Waals surface area contributed by atoms with Crippen LogP contribution in [0.4, 0.5) is 26.3 Å². The maximum Gasteiger partial charge on any atom is 0.471 e. The second kappa shape index (κ2) is 7.65. The van der Waals surface area contributed by atoms with E-state index in [0.29, 0.717) is 12.1 Å². The fourth-order valence-corrected chi connectivity index (χ4v) is 5.41. The van der Waals surface area contributed by atoms with Crippen molar-refractivity contribution in [3.8, 4) is 6.07 Å². The zero-order chi connectivity index (χ0) is 24.1. The van der Waals surface area contributed by atoms with E-state index in [1.54, 1.807) is 6.07 Å². The lowest BCUT2D eigenvalue weighted by Gasteiger charge is -2.25. The highest BCUT2D eigenvalue weighted by Crippen LogP contribution is 2.39. The molecule has 1 unspecified atom stereocenters. The van der Waals surface area contributed by atoms with Crippen molar-refractivity contribution in [3.63, 3.8) is 0 Å². The highest BCUT2D eigenvalue weighted by molar-refractivity contribution is 7.92. The van der Waals surface area contributed by atoms with Crippen LogP contribution < -0.4 is 5.32 Å². The van der Waals surface area contributed by atoms with Gasteiger partial charge in [-0.2, -0.15) is 31.6 Å². The van der Waals surface area contributed by atoms with Crippen molar-refractivity contribution in [2.75, 3.05) is 6.54 Å². The van der Waals surface area contributed by atoms with Gasteiger partial charge >= 0.3 is 18.3 Å². The predicted octanol–water partition coefficient (Wildman–Crippen LogP) is 2.18. The smallest absolute Gasteiger partial charge is 0.336 e. The quantitative estimate of drug-likeness (QED) is 0.661. The average Bonchev–Trinajstić information content (AvgIpc) is 3.31. The number of rotatable bonds is 4. The van der Waals surface area contributed by atoms with Crippen molar-refractivity contribution < 1.29 is 44.3 Å². The third kappa shape index (κ3) is 4.38. The first-order valence-electron chi connectivity index (χ1n) is 9.13. The number of benzene rings is 1.